The van der Waals surface area contributed by atoms with Crippen molar-refractivity contribution in [3.05, 3.63) is 59.7 Å². The molecular formula is C18H21NOS. The van der Waals surface area contributed by atoms with Gasteiger partial charge in [0.2, 0.25) is 5.91 Å². The standard InChI is InChI=1S/C18H21NOS/c1-4-15-6-5-7-16(12-15)19-18(20)14(3)21-17-10-8-13(2)9-11-17/h5-12,14H,4H2,1-3H3,(H,19,20)/t14-/m1/s1. The van der Waals surface area contributed by atoms with Gasteiger partial charge in [-0.1, -0.05) is 36.8 Å². The molecule has 0 bridgehead atoms. The Morgan fingerprint density at radius 3 is 2.57 bits per heavy atom. The SMILES string of the molecule is CCc1cccc(NC(=O)[C@@H](C)Sc2ccc(C)cc2)c1. The lowest BCUT2D eigenvalue weighted by molar-refractivity contribution is -0.115. The molecule has 0 fully saturated rings. The van der Waals surface area contributed by atoms with Crippen LogP contribution in [0.15, 0.2) is 53.4 Å². The van der Waals surface area contributed by atoms with E-state index < -0.39 is 0 Å². The summed E-state index contributed by atoms with van der Waals surface area (Å²) in [6.07, 6.45) is 0.970. The van der Waals surface area contributed by atoms with E-state index in [0.717, 1.165) is 17.0 Å². The number of hydrogen-bond acceptors (Lipinski definition) is 2. The number of carbonyl (C=O) groups is 1. The van der Waals surface area contributed by atoms with Crippen molar-refractivity contribution in [3.63, 3.8) is 0 Å². The Labute approximate surface area is 131 Å². The first-order valence-corrected chi connectivity index (χ1v) is 8.09. The van der Waals surface area contributed by atoms with E-state index in [1.807, 2.05) is 25.1 Å². The summed E-state index contributed by atoms with van der Waals surface area (Å²) >= 11 is 1.58. The van der Waals surface area contributed by atoms with Crippen molar-refractivity contribution in [1.82, 2.24) is 0 Å². The van der Waals surface area contributed by atoms with Gasteiger partial charge in [-0.05, 0) is 50.1 Å². The molecule has 2 nitrogen and oxygen atoms in total. The molecule has 1 amide bonds. The monoisotopic (exact) mass is 299 g/mol. The number of carbonyl (C=O) groups excluding carboxylic acids is 1. The van der Waals surface area contributed by atoms with Gasteiger partial charge in [0.25, 0.3) is 0 Å². The highest BCUT2D eigenvalue weighted by molar-refractivity contribution is 8.00. The molecule has 0 saturated carbocycles. The van der Waals surface area contributed by atoms with Crippen molar-refractivity contribution >= 4 is 23.4 Å². The molecule has 0 aliphatic carbocycles. The van der Waals surface area contributed by atoms with Crippen LogP contribution in [0.1, 0.15) is 25.0 Å². The maximum atomic E-state index is 12.3. The first-order chi connectivity index (χ1) is 10.1. The van der Waals surface area contributed by atoms with Crippen molar-refractivity contribution in [2.45, 2.75) is 37.3 Å². The Hall–Kier alpha value is -1.74. The van der Waals surface area contributed by atoms with Gasteiger partial charge in [0, 0.05) is 10.6 Å². The first kappa shape index (κ1) is 15.6. The van der Waals surface area contributed by atoms with Crippen LogP contribution in [0.4, 0.5) is 5.69 Å². The van der Waals surface area contributed by atoms with Gasteiger partial charge in [-0.2, -0.15) is 0 Å². The number of amides is 1. The molecule has 2 aromatic rings. The number of aryl methyl sites for hydroxylation is 2. The van der Waals surface area contributed by atoms with Gasteiger partial charge in [0.15, 0.2) is 0 Å². The Morgan fingerprint density at radius 1 is 1.19 bits per heavy atom. The van der Waals surface area contributed by atoms with Crippen LogP contribution in [0.3, 0.4) is 0 Å². The summed E-state index contributed by atoms with van der Waals surface area (Å²) in [5, 5.41) is 2.86. The van der Waals surface area contributed by atoms with Gasteiger partial charge in [0.1, 0.15) is 0 Å². The van der Waals surface area contributed by atoms with E-state index in [2.05, 4.69) is 49.5 Å². The molecule has 0 saturated heterocycles. The second-order valence-corrected chi connectivity index (χ2v) is 6.53. The minimum atomic E-state index is -0.127. The van der Waals surface area contributed by atoms with Gasteiger partial charge < -0.3 is 5.32 Å². The second-order valence-electron chi connectivity index (χ2n) is 5.12. The molecule has 0 aromatic heterocycles. The highest BCUT2D eigenvalue weighted by atomic mass is 32.2. The Bertz CT molecular complexity index is 607. The summed E-state index contributed by atoms with van der Waals surface area (Å²) in [6.45, 7) is 6.10. The van der Waals surface area contributed by atoms with Gasteiger partial charge in [-0.15, -0.1) is 11.8 Å². The zero-order valence-corrected chi connectivity index (χ0v) is 13.5. The van der Waals surface area contributed by atoms with Crippen LogP contribution < -0.4 is 5.32 Å². The van der Waals surface area contributed by atoms with E-state index in [1.54, 1.807) is 11.8 Å². The van der Waals surface area contributed by atoms with Gasteiger partial charge in [-0.25, -0.2) is 0 Å². The lowest BCUT2D eigenvalue weighted by Gasteiger charge is -2.12. The molecule has 0 radical (unpaired) electrons. The van der Waals surface area contributed by atoms with Gasteiger partial charge in [0.05, 0.1) is 5.25 Å². The summed E-state index contributed by atoms with van der Waals surface area (Å²) in [6, 6.07) is 16.3. The fourth-order valence-electron chi connectivity index (χ4n) is 1.99. The number of anilines is 1. The molecule has 2 rings (SSSR count). The molecule has 0 aliphatic rings. The average molecular weight is 299 g/mol. The minimum Gasteiger partial charge on any atom is -0.325 e. The Kier molecular flexibility index (Phi) is 5.45. The number of nitrogens with one attached hydrogen (secondary N) is 1. The smallest absolute Gasteiger partial charge is 0.237 e. The number of thioether (sulfide) groups is 1. The van der Waals surface area contributed by atoms with E-state index in [9.17, 15) is 4.79 Å². The lowest BCUT2D eigenvalue weighted by Crippen LogP contribution is -2.22. The molecule has 21 heavy (non-hydrogen) atoms. The Balaban J connectivity index is 1.97. The first-order valence-electron chi connectivity index (χ1n) is 7.21. The van der Waals surface area contributed by atoms with Crippen molar-refractivity contribution < 1.29 is 4.79 Å². The van der Waals surface area contributed by atoms with Crippen molar-refractivity contribution in [1.29, 1.82) is 0 Å². The third kappa shape index (κ3) is 4.64. The molecule has 1 N–H and O–H groups in total. The lowest BCUT2D eigenvalue weighted by atomic mass is 10.1. The number of benzene rings is 2. The third-order valence-electron chi connectivity index (χ3n) is 3.31. The third-order valence-corrected chi connectivity index (χ3v) is 4.42. The van der Waals surface area contributed by atoms with Crippen LogP contribution in [0.5, 0.6) is 0 Å². The summed E-state index contributed by atoms with van der Waals surface area (Å²) in [7, 11) is 0. The number of rotatable bonds is 5. The molecule has 0 aliphatic heterocycles. The normalized spacial score (nSPS) is 12.0. The van der Waals surface area contributed by atoms with Gasteiger partial charge in [-0.3, -0.25) is 4.79 Å². The van der Waals surface area contributed by atoms with E-state index in [1.165, 1.54) is 11.1 Å². The maximum absolute atomic E-state index is 12.3. The van der Waals surface area contributed by atoms with Crippen molar-refractivity contribution in [3.8, 4) is 0 Å². The molecular weight excluding hydrogens is 278 g/mol. The van der Waals surface area contributed by atoms with E-state index in [4.69, 9.17) is 0 Å². The predicted molar refractivity (Wildman–Crippen MR) is 90.9 cm³/mol. The van der Waals surface area contributed by atoms with Crippen LogP contribution >= 0.6 is 11.8 Å². The highest BCUT2D eigenvalue weighted by Crippen LogP contribution is 2.24. The van der Waals surface area contributed by atoms with E-state index >= 15 is 0 Å². The predicted octanol–water partition coefficient (Wildman–Crippen LogP) is 4.68. The van der Waals surface area contributed by atoms with E-state index in [-0.39, 0.29) is 11.2 Å². The van der Waals surface area contributed by atoms with Crippen LogP contribution in [-0.4, -0.2) is 11.2 Å². The van der Waals surface area contributed by atoms with Gasteiger partial charge >= 0.3 is 0 Å². The highest BCUT2D eigenvalue weighted by Gasteiger charge is 2.14. The summed E-state index contributed by atoms with van der Waals surface area (Å²) in [5.41, 5.74) is 3.33. The van der Waals surface area contributed by atoms with Crippen LogP contribution in [0.2, 0.25) is 0 Å². The summed E-state index contributed by atoms with van der Waals surface area (Å²) in [4.78, 5) is 13.4. The quantitative estimate of drug-likeness (QED) is 0.812. The maximum Gasteiger partial charge on any atom is 0.237 e. The molecule has 0 unspecified atom stereocenters. The zero-order chi connectivity index (χ0) is 15.2. The minimum absolute atomic E-state index is 0.0360. The largest absolute Gasteiger partial charge is 0.325 e. The molecule has 0 heterocycles. The van der Waals surface area contributed by atoms with Crippen LogP contribution in [0.25, 0.3) is 0 Å². The molecule has 110 valence electrons. The summed E-state index contributed by atoms with van der Waals surface area (Å²) < 4.78 is 0. The van der Waals surface area contributed by atoms with Crippen molar-refractivity contribution in [2.75, 3.05) is 5.32 Å². The average Bonchev–Trinajstić information content (AvgIpc) is 2.49. The topological polar surface area (TPSA) is 29.1 Å². The number of hydrogen-bond donors (Lipinski definition) is 1. The fourth-order valence-corrected chi connectivity index (χ4v) is 2.85. The summed E-state index contributed by atoms with van der Waals surface area (Å²) in [5.74, 6) is 0.0360. The Morgan fingerprint density at radius 2 is 1.90 bits per heavy atom. The second kappa shape index (κ2) is 7.32. The zero-order valence-electron chi connectivity index (χ0n) is 12.7. The van der Waals surface area contributed by atoms with Crippen LogP contribution in [-0.2, 0) is 11.2 Å². The molecule has 2 aromatic carbocycles. The molecule has 3 heteroatoms. The fraction of sp³-hybridized carbons (Fsp3) is 0.278. The molecule has 1 atom stereocenters. The van der Waals surface area contributed by atoms with Crippen molar-refractivity contribution in [2.24, 2.45) is 0 Å². The molecule has 0 spiro atoms. The van der Waals surface area contributed by atoms with E-state index in [0.29, 0.717) is 0 Å². The van der Waals surface area contributed by atoms with Crippen LogP contribution in [0, 0.1) is 6.92 Å².